The Balaban J connectivity index is 2.53. The normalized spacial score (nSPS) is 12.1. The molecule has 82 valence electrons. The molecule has 0 heterocycles. The maximum Gasteiger partial charge on any atom is 0.230 e. The zero-order valence-electron chi connectivity index (χ0n) is 8.90. The lowest BCUT2D eigenvalue weighted by Gasteiger charge is -2.07. The van der Waals surface area contributed by atoms with Gasteiger partial charge in [-0.1, -0.05) is 12.1 Å². The first-order valence-corrected chi connectivity index (χ1v) is 5.72. The Morgan fingerprint density at radius 1 is 1.60 bits per heavy atom. The number of thioether (sulfide) groups is 1. The van der Waals surface area contributed by atoms with Crippen LogP contribution in [0.25, 0.3) is 0 Å². The Bertz CT molecular complexity index is 341. The van der Waals surface area contributed by atoms with Crippen LogP contribution in [0.2, 0.25) is 0 Å². The van der Waals surface area contributed by atoms with E-state index in [1.807, 2.05) is 31.2 Å². The van der Waals surface area contributed by atoms with Crippen LogP contribution in [0.5, 0.6) is 5.75 Å². The summed E-state index contributed by atoms with van der Waals surface area (Å²) in [5.74, 6) is 1.32. The Labute approximate surface area is 94.0 Å². The fourth-order valence-electron chi connectivity index (χ4n) is 1.07. The van der Waals surface area contributed by atoms with Crippen LogP contribution in [0, 0.1) is 0 Å². The molecule has 0 radical (unpaired) electrons. The van der Waals surface area contributed by atoms with Crippen LogP contribution in [0.15, 0.2) is 24.3 Å². The number of nitrogens with two attached hydrogens (primary N) is 1. The molecule has 1 aromatic carbocycles. The Kier molecular flexibility index (Phi) is 4.49. The molecule has 0 fully saturated rings. The third kappa shape index (κ3) is 3.83. The first-order valence-electron chi connectivity index (χ1n) is 4.67. The molecule has 1 aromatic rings. The molecule has 2 N–H and O–H groups in total. The zero-order chi connectivity index (χ0) is 11.3. The molecule has 0 aliphatic rings. The van der Waals surface area contributed by atoms with Gasteiger partial charge in [-0.3, -0.25) is 4.79 Å². The highest BCUT2D eigenvalue weighted by Gasteiger charge is 2.08. The molecule has 1 rings (SSSR count). The van der Waals surface area contributed by atoms with Crippen LogP contribution in [0.1, 0.15) is 12.5 Å². The SMILES string of the molecule is COc1cccc(CS[C@H](C)C(N)=O)c1. The highest BCUT2D eigenvalue weighted by Crippen LogP contribution is 2.20. The summed E-state index contributed by atoms with van der Waals surface area (Å²) < 4.78 is 5.11. The molecule has 0 aliphatic carbocycles. The molecule has 0 aromatic heterocycles. The van der Waals surface area contributed by atoms with Gasteiger partial charge in [0.1, 0.15) is 5.75 Å². The van der Waals surface area contributed by atoms with E-state index in [1.165, 1.54) is 11.8 Å². The summed E-state index contributed by atoms with van der Waals surface area (Å²) in [4.78, 5) is 10.8. The maximum absolute atomic E-state index is 10.8. The summed E-state index contributed by atoms with van der Waals surface area (Å²) in [5, 5.41) is -0.156. The van der Waals surface area contributed by atoms with Crippen molar-refractivity contribution >= 4 is 17.7 Å². The lowest BCUT2D eigenvalue weighted by molar-refractivity contribution is -0.117. The number of methoxy groups -OCH3 is 1. The predicted octanol–water partition coefficient (Wildman–Crippen LogP) is 1.80. The molecule has 0 saturated carbocycles. The third-order valence-corrected chi connectivity index (χ3v) is 3.27. The molecule has 3 nitrogen and oxygen atoms in total. The molecule has 0 unspecified atom stereocenters. The summed E-state index contributed by atoms with van der Waals surface area (Å²) in [6, 6.07) is 7.79. The summed E-state index contributed by atoms with van der Waals surface area (Å²) in [7, 11) is 1.64. The van der Waals surface area contributed by atoms with Gasteiger partial charge in [0.2, 0.25) is 5.91 Å². The number of carbonyl (C=O) groups excluding carboxylic acids is 1. The van der Waals surface area contributed by atoms with E-state index in [1.54, 1.807) is 7.11 Å². The fraction of sp³-hybridized carbons (Fsp3) is 0.364. The van der Waals surface area contributed by atoms with E-state index in [-0.39, 0.29) is 11.2 Å². The highest BCUT2D eigenvalue weighted by molar-refractivity contribution is 7.99. The number of hydrogen-bond donors (Lipinski definition) is 1. The first-order chi connectivity index (χ1) is 7.13. The smallest absolute Gasteiger partial charge is 0.230 e. The number of ether oxygens (including phenoxy) is 1. The van der Waals surface area contributed by atoms with E-state index in [0.29, 0.717) is 0 Å². The van der Waals surface area contributed by atoms with Crippen molar-refractivity contribution in [2.75, 3.05) is 7.11 Å². The highest BCUT2D eigenvalue weighted by atomic mass is 32.2. The van der Waals surface area contributed by atoms with Crippen molar-refractivity contribution in [3.05, 3.63) is 29.8 Å². The van der Waals surface area contributed by atoms with Crippen LogP contribution < -0.4 is 10.5 Å². The second-order valence-corrected chi connectivity index (χ2v) is 4.54. The summed E-state index contributed by atoms with van der Waals surface area (Å²) in [6.07, 6.45) is 0. The number of carbonyl (C=O) groups is 1. The van der Waals surface area contributed by atoms with E-state index < -0.39 is 0 Å². The molecular weight excluding hydrogens is 210 g/mol. The first kappa shape index (κ1) is 11.9. The van der Waals surface area contributed by atoms with Crippen molar-refractivity contribution in [2.45, 2.75) is 17.9 Å². The average Bonchev–Trinajstić information content (AvgIpc) is 2.26. The van der Waals surface area contributed by atoms with Crippen molar-refractivity contribution in [3.8, 4) is 5.75 Å². The number of hydrogen-bond acceptors (Lipinski definition) is 3. The minimum atomic E-state index is -0.275. The fourth-order valence-corrected chi connectivity index (χ4v) is 1.85. The maximum atomic E-state index is 10.8. The lowest BCUT2D eigenvalue weighted by Crippen LogP contribution is -2.22. The second-order valence-electron chi connectivity index (χ2n) is 3.21. The van der Waals surface area contributed by atoms with Gasteiger partial charge in [-0.25, -0.2) is 0 Å². The van der Waals surface area contributed by atoms with Crippen LogP contribution >= 0.6 is 11.8 Å². The van der Waals surface area contributed by atoms with Gasteiger partial charge in [-0.15, -0.1) is 11.8 Å². The van der Waals surface area contributed by atoms with Gasteiger partial charge < -0.3 is 10.5 Å². The van der Waals surface area contributed by atoms with Crippen LogP contribution in [-0.2, 0) is 10.5 Å². The number of benzene rings is 1. The topological polar surface area (TPSA) is 52.3 Å². The summed E-state index contributed by atoms with van der Waals surface area (Å²) >= 11 is 1.53. The molecule has 1 amide bonds. The molecule has 0 saturated heterocycles. The molecule has 0 spiro atoms. The standard InChI is InChI=1S/C11H15NO2S/c1-8(11(12)13)15-7-9-4-3-5-10(6-9)14-2/h3-6,8H,7H2,1-2H3,(H2,12,13)/t8-/m1/s1. The monoisotopic (exact) mass is 225 g/mol. The second kappa shape index (κ2) is 5.66. The predicted molar refractivity (Wildman–Crippen MR) is 62.9 cm³/mol. The molecule has 15 heavy (non-hydrogen) atoms. The Morgan fingerprint density at radius 3 is 2.93 bits per heavy atom. The van der Waals surface area contributed by atoms with Crippen LogP contribution in [0.3, 0.4) is 0 Å². The Morgan fingerprint density at radius 2 is 2.33 bits per heavy atom. The van der Waals surface area contributed by atoms with E-state index in [4.69, 9.17) is 10.5 Å². The largest absolute Gasteiger partial charge is 0.497 e. The lowest BCUT2D eigenvalue weighted by atomic mass is 10.2. The minimum Gasteiger partial charge on any atom is -0.497 e. The molecular formula is C11H15NO2S. The minimum absolute atomic E-state index is 0.156. The Hall–Kier alpha value is -1.16. The van der Waals surface area contributed by atoms with E-state index in [2.05, 4.69) is 0 Å². The van der Waals surface area contributed by atoms with Crippen molar-refractivity contribution < 1.29 is 9.53 Å². The molecule has 1 atom stereocenters. The van der Waals surface area contributed by atoms with Crippen molar-refractivity contribution in [1.29, 1.82) is 0 Å². The average molecular weight is 225 g/mol. The van der Waals surface area contributed by atoms with Crippen LogP contribution in [-0.4, -0.2) is 18.3 Å². The van der Waals surface area contributed by atoms with Gasteiger partial charge in [0.15, 0.2) is 0 Å². The molecule has 0 aliphatic heterocycles. The number of amides is 1. The van der Waals surface area contributed by atoms with Crippen LogP contribution in [0.4, 0.5) is 0 Å². The van der Waals surface area contributed by atoms with Gasteiger partial charge in [-0.2, -0.15) is 0 Å². The van der Waals surface area contributed by atoms with Crippen molar-refractivity contribution in [1.82, 2.24) is 0 Å². The van der Waals surface area contributed by atoms with Gasteiger partial charge in [0, 0.05) is 5.75 Å². The number of rotatable bonds is 5. The summed E-state index contributed by atoms with van der Waals surface area (Å²) in [5.41, 5.74) is 6.30. The molecule has 0 bridgehead atoms. The van der Waals surface area contributed by atoms with Gasteiger partial charge >= 0.3 is 0 Å². The van der Waals surface area contributed by atoms with E-state index in [9.17, 15) is 4.79 Å². The van der Waals surface area contributed by atoms with Crippen molar-refractivity contribution in [3.63, 3.8) is 0 Å². The van der Waals surface area contributed by atoms with Gasteiger partial charge in [0.25, 0.3) is 0 Å². The zero-order valence-corrected chi connectivity index (χ0v) is 9.71. The summed E-state index contributed by atoms with van der Waals surface area (Å²) in [6.45, 7) is 1.81. The van der Waals surface area contributed by atoms with Gasteiger partial charge in [0.05, 0.1) is 12.4 Å². The number of primary amides is 1. The van der Waals surface area contributed by atoms with E-state index >= 15 is 0 Å². The molecule has 4 heteroatoms. The quantitative estimate of drug-likeness (QED) is 0.831. The van der Waals surface area contributed by atoms with Gasteiger partial charge in [-0.05, 0) is 24.6 Å². The third-order valence-electron chi connectivity index (χ3n) is 2.03. The van der Waals surface area contributed by atoms with Crippen molar-refractivity contribution in [2.24, 2.45) is 5.73 Å². The van der Waals surface area contributed by atoms with E-state index in [0.717, 1.165) is 17.1 Å².